The van der Waals surface area contributed by atoms with Crippen LogP contribution >= 0.6 is 0 Å². The third-order valence-corrected chi connectivity index (χ3v) is 2.95. The molecule has 19 heavy (non-hydrogen) atoms. The number of hydrogen-bond acceptors (Lipinski definition) is 4. The second-order valence-corrected chi connectivity index (χ2v) is 4.95. The molecule has 4 heteroatoms. The summed E-state index contributed by atoms with van der Waals surface area (Å²) in [7, 11) is 1.67. The van der Waals surface area contributed by atoms with E-state index in [1.54, 1.807) is 7.11 Å². The van der Waals surface area contributed by atoms with Crippen molar-refractivity contribution in [2.24, 2.45) is 0 Å². The summed E-state index contributed by atoms with van der Waals surface area (Å²) >= 11 is 0. The first-order valence-corrected chi connectivity index (χ1v) is 6.64. The van der Waals surface area contributed by atoms with Crippen molar-refractivity contribution in [2.45, 2.75) is 32.9 Å². The van der Waals surface area contributed by atoms with Crippen LogP contribution in [0.2, 0.25) is 0 Å². The highest BCUT2D eigenvalue weighted by molar-refractivity contribution is 5.39. The largest absolute Gasteiger partial charge is 0.490 e. The number of benzene rings is 1. The molecular weight excluding hydrogens is 242 g/mol. The number of methoxy groups -OCH3 is 1. The highest BCUT2D eigenvalue weighted by atomic mass is 16.5. The van der Waals surface area contributed by atoms with Crippen molar-refractivity contribution in [3.05, 3.63) is 29.3 Å². The molecule has 2 N–H and O–H groups in total. The minimum Gasteiger partial charge on any atom is -0.490 e. The smallest absolute Gasteiger partial charge is 0.125 e. The third kappa shape index (κ3) is 5.59. The van der Waals surface area contributed by atoms with Crippen molar-refractivity contribution in [3.8, 4) is 5.75 Å². The van der Waals surface area contributed by atoms with E-state index in [4.69, 9.17) is 9.47 Å². The number of aliphatic hydroxyl groups excluding tert-OH is 1. The molecule has 0 radical (unpaired) electrons. The zero-order valence-corrected chi connectivity index (χ0v) is 12.3. The maximum absolute atomic E-state index is 9.88. The summed E-state index contributed by atoms with van der Waals surface area (Å²) < 4.78 is 10.7. The average molecular weight is 267 g/mol. The van der Waals surface area contributed by atoms with Gasteiger partial charge in [-0.25, -0.2) is 0 Å². The fraction of sp³-hybridized carbons (Fsp3) is 0.600. The molecule has 0 bridgehead atoms. The van der Waals surface area contributed by atoms with Crippen LogP contribution in [0.4, 0.5) is 0 Å². The minimum atomic E-state index is -0.529. The summed E-state index contributed by atoms with van der Waals surface area (Å²) in [4.78, 5) is 0. The number of hydrogen-bond donors (Lipinski definition) is 2. The Kier molecular flexibility index (Phi) is 6.84. The van der Waals surface area contributed by atoms with E-state index >= 15 is 0 Å². The van der Waals surface area contributed by atoms with Gasteiger partial charge < -0.3 is 19.9 Å². The second-order valence-electron chi connectivity index (χ2n) is 4.95. The number of ether oxygens (including phenoxy) is 2. The van der Waals surface area contributed by atoms with E-state index in [1.807, 2.05) is 39.0 Å². The summed E-state index contributed by atoms with van der Waals surface area (Å²) in [6.07, 6.45) is -0.529. The Morgan fingerprint density at radius 2 is 1.84 bits per heavy atom. The molecule has 0 spiro atoms. The molecule has 1 aromatic carbocycles. The van der Waals surface area contributed by atoms with E-state index in [-0.39, 0.29) is 6.04 Å². The molecule has 0 saturated heterocycles. The summed E-state index contributed by atoms with van der Waals surface area (Å²) in [6.45, 7) is 7.45. The van der Waals surface area contributed by atoms with E-state index < -0.39 is 6.10 Å². The van der Waals surface area contributed by atoms with Gasteiger partial charge in [-0.1, -0.05) is 18.2 Å². The van der Waals surface area contributed by atoms with E-state index in [9.17, 15) is 5.11 Å². The molecule has 1 aromatic rings. The van der Waals surface area contributed by atoms with Crippen molar-refractivity contribution >= 4 is 0 Å². The molecule has 2 atom stereocenters. The van der Waals surface area contributed by atoms with Crippen molar-refractivity contribution < 1.29 is 14.6 Å². The monoisotopic (exact) mass is 267 g/mol. The van der Waals surface area contributed by atoms with Crippen LogP contribution < -0.4 is 10.1 Å². The lowest BCUT2D eigenvalue weighted by Crippen LogP contribution is -2.38. The summed E-state index contributed by atoms with van der Waals surface area (Å²) in [5.74, 6) is 0.867. The number of para-hydroxylation sites is 1. The molecular formula is C15H25NO3. The Bertz CT molecular complexity index is 361. The molecule has 0 aliphatic rings. The Morgan fingerprint density at radius 1 is 1.21 bits per heavy atom. The molecule has 0 heterocycles. The van der Waals surface area contributed by atoms with Gasteiger partial charge in [0.05, 0.1) is 6.61 Å². The van der Waals surface area contributed by atoms with Crippen LogP contribution in [-0.4, -0.2) is 44.1 Å². The highest BCUT2D eigenvalue weighted by Gasteiger charge is 2.10. The Balaban J connectivity index is 2.36. The summed E-state index contributed by atoms with van der Waals surface area (Å²) in [5.41, 5.74) is 2.18. The lowest BCUT2D eigenvalue weighted by Gasteiger charge is -2.18. The van der Waals surface area contributed by atoms with Crippen LogP contribution in [-0.2, 0) is 4.74 Å². The van der Waals surface area contributed by atoms with Crippen LogP contribution in [0.25, 0.3) is 0 Å². The van der Waals surface area contributed by atoms with Gasteiger partial charge >= 0.3 is 0 Å². The van der Waals surface area contributed by atoms with Gasteiger partial charge in [-0.15, -0.1) is 0 Å². The number of aliphatic hydroxyl groups is 1. The first kappa shape index (κ1) is 16.0. The predicted molar refractivity (Wildman–Crippen MR) is 76.8 cm³/mol. The van der Waals surface area contributed by atoms with Crippen LogP contribution in [0.15, 0.2) is 18.2 Å². The molecule has 108 valence electrons. The molecule has 0 aliphatic carbocycles. The van der Waals surface area contributed by atoms with Crippen molar-refractivity contribution in [3.63, 3.8) is 0 Å². The molecule has 1 rings (SSSR count). The predicted octanol–water partition coefficient (Wildman–Crippen LogP) is 1.67. The topological polar surface area (TPSA) is 50.7 Å². The molecule has 0 saturated carbocycles. The average Bonchev–Trinajstić information content (AvgIpc) is 2.36. The van der Waals surface area contributed by atoms with Gasteiger partial charge in [-0.2, -0.15) is 0 Å². The van der Waals surface area contributed by atoms with E-state index in [1.165, 1.54) is 0 Å². The molecule has 0 amide bonds. The van der Waals surface area contributed by atoms with Gasteiger partial charge in [0, 0.05) is 19.7 Å². The normalized spacial score (nSPS) is 14.2. The highest BCUT2D eigenvalue weighted by Crippen LogP contribution is 2.22. The van der Waals surface area contributed by atoms with E-state index in [2.05, 4.69) is 5.32 Å². The fourth-order valence-corrected chi connectivity index (χ4v) is 1.91. The molecule has 0 fully saturated rings. The maximum atomic E-state index is 9.88. The summed E-state index contributed by atoms with van der Waals surface area (Å²) in [6, 6.07) is 6.24. The minimum absolute atomic E-state index is 0.222. The van der Waals surface area contributed by atoms with Crippen molar-refractivity contribution in [1.82, 2.24) is 5.32 Å². The first-order chi connectivity index (χ1) is 9.04. The van der Waals surface area contributed by atoms with Gasteiger partial charge in [-0.05, 0) is 31.9 Å². The van der Waals surface area contributed by atoms with Crippen LogP contribution in [0.3, 0.4) is 0 Å². The quantitative estimate of drug-likeness (QED) is 0.752. The maximum Gasteiger partial charge on any atom is 0.125 e. The van der Waals surface area contributed by atoms with Crippen molar-refractivity contribution in [2.75, 3.05) is 26.9 Å². The Hall–Kier alpha value is -1.10. The van der Waals surface area contributed by atoms with Crippen LogP contribution in [0.5, 0.6) is 5.75 Å². The van der Waals surface area contributed by atoms with Gasteiger partial charge in [0.2, 0.25) is 0 Å². The van der Waals surface area contributed by atoms with E-state index in [0.29, 0.717) is 19.8 Å². The van der Waals surface area contributed by atoms with Gasteiger partial charge in [0.15, 0.2) is 0 Å². The lowest BCUT2D eigenvalue weighted by atomic mass is 10.1. The SMILES string of the molecule is COCC(C)NCC(O)COc1c(C)cccc1C. The lowest BCUT2D eigenvalue weighted by molar-refractivity contribution is 0.0967. The van der Waals surface area contributed by atoms with Gasteiger partial charge in [0.1, 0.15) is 18.5 Å². The van der Waals surface area contributed by atoms with Crippen LogP contribution in [0, 0.1) is 13.8 Å². The third-order valence-electron chi connectivity index (χ3n) is 2.95. The van der Waals surface area contributed by atoms with Crippen LogP contribution in [0.1, 0.15) is 18.1 Å². The molecule has 4 nitrogen and oxygen atoms in total. The van der Waals surface area contributed by atoms with Crippen molar-refractivity contribution in [1.29, 1.82) is 0 Å². The number of aryl methyl sites for hydroxylation is 2. The van der Waals surface area contributed by atoms with Gasteiger partial charge in [-0.3, -0.25) is 0 Å². The van der Waals surface area contributed by atoms with Gasteiger partial charge in [0.25, 0.3) is 0 Å². The summed E-state index contributed by atoms with van der Waals surface area (Å²) in [5, 5.41) is 13.1. The standard InChI is InChI=1S/C15H25NO3/c1-11-6-5-7-12(2)15(11)19-10-14(17)8-16-13(3)9-18-4/h5-7,13-14,16-17H,8-10H2,1-4H3. The number of nitrogens with one attached hydrogen (secondary N) is 1. The molecule has 0 aromatic heterocycles. The fourth-order valence-electron chi connectivity index (χ4n) is 1.91. The zero-order valence-electron chi connectivity index (χ0n) is 12.3. The first-order valence-electron chi connectivity index (χ1n) is 6.64. The van der Waals surface area contributed by atoms with E-state index in [0.717, 1.165) is 16.9 Å². The second kappa shape index (κ2) is 8.15. The Morgan fingerprint density at radius 3 is 2.42 bits per heavy atom. The molecule has 2 unspecified atom stereocenters. The number of rotatable bonds is 8. The zero-order chi connectivity index (χ0) is 14.3. The Labute approximate surface area is 115 Å². The molecule has 0 aliphatic heterocycles.